The Morgan fingerprint density at radius 2 is 2.04 bits per heavy atom. The molecule has 9 nitrogen and oxygen atoms in total. The van der Waals surface area contributed by atoms with Crippen LogP contribution in [0.2, 0.25) is 0 Å². The SMILES string of the molecule is Cc1cc(C)n2nc(S[C@H](C)C(=O)Nc3ccccc3[N+](=O)[O-])nc2n1. The summed E-state index contributed by atoms with van der Waals surface area (Å²) < 4.78 is 1.61. The highest BCUT2D eigenvalue weighted by atomic mass is 32.2. The molecule has 0 aliphatic heterocycles. The van der Waals surface area contributed by atoms with Gasteiger partial charge in [-0.05, 0) is 32.9 Å². The van der Waals surface area contributed by atoms with Crippen molar-refractivity contribution in [3.63, 3.8) is 0 Å². The second kappa shape index (κ2) is 7.08. The van der Waals surface area contributed by atoms with Gasteiger partial charge in [0.25, 0.3) is 11.5 Å². The normalized spacial score (nSPS) is 12.1. The standard InChI is InChI=1S/C16H16N6O3S/c1-9-8-10(2)21-15(17-9)19-16(20-21)26-11(3)14(23)18-12-6-4-5-7-13(12)22(24)25/h4-8,11H,1-3H3,(H,18,23)/t11-/m1/s1. The molecular weight excluding hydrogens is 356 g/mol. The van der Waals surface area contributed by atoms with Crippen molar-refractivity contribution in [3.05, 3.63) is 51.8 Å². The van der Waals surface area contributed by atoms with Crippen molar-refractivity contribution in [2.75, 3.05) is 5.32 Å². The van der Waals surface area contributed by atoms with Crippen molar-refractivity contribution in [2.24, 2.45) is 0 Å². The Labute approximate surface area is 153 Å². The number of hydrogen-bond acceptors (Lipinski definition) is 7. The van der Waals surface area contributed by atoms with Gasteiger partial charge in [0, 0.05) is 17.5 Å². The number of nitrogens with one attached hydrogen (secondary N) is 1. The Kier molecular flexibility index (Phi) is 4.85. The lowest BCUT2D eigenvalue weighted by molar-refractivity contribution is -0.383. The third kappa shape index (κ3) is 3.64. The number of rotatable bonds is 5. The molecular formula is C16H16N6O3S. The van der Waals surface area contributed by atoms with Crippen LogP contribution in [0, 0.1) is 24.0 Å². The Bertz CT molecular complexity index is 1000. The number of fused-ring (bicyclic) bond motifs is 1. The molecule has 1 amide bonds. The van der Waals surface area contributed by atoms with Crippen molar-refractivity contribution < 1.29 is 9.72 Å². The van der Waals surface area contributed by atoms with Gasteiger partial charge in [-0.2, -0.15) is 4.98 Å². The van der Waals surface area contributed by atoms with E-state index in [1.165, 1.54) is 12.1 Å². The molecule has 3 aromatic rings. The number of para-hydroxylation sites is 2. The van der Waals surface area contributed by atoms with Crippen LogP contribution >= 0.6 is 11.8 Å². The predicted molar refractivity (Wildman–Crippen MR) is 97.3 cm³/mol. The number of thioether (sulfide) groups is 1. The third-order valence-corrected chi connectivity index (χ3v) is 4.56. The van der Waals surface area contributed by atoms with Gasteiger partial charge in [0.05, 0.1) is 10.2 Å². The average molecular weight is 372 g/mol. The number of amides is 1. The zero-order chi connectivity index (χ0) is 18.8. The number of anilines is 1. The van der Waals surface area contributed by atoms with Gasteiger partial charge < -0.3 is 5.32 Å². The molecule has 0 unspecified atom stereocenters. The molecule has 1 N–H and O–H groups in total. The number of carbonyl (C=O) groups excluding carboxylic acids is 1. The molecule has 0 spiro atoms. The Hall–Kier alpha value is -3.01. The fraction of sp³-hybridized carbons (Fsp3) is 0.250. The molecule has 0 bridgehead atoms. The van der Waals surface area contributed by atoms with E-state index in [2.05, 4.69) is 20.4 Å². The molecule has 0 aliphatic carbocycles. The highest BCUT2D eigenvalue weighted by Crippen LogP contribution is 2.26. The largest absolute Gasteiger partial charge is 0.319 e. The maximum atomic E-state index is 12.4. The number of nitro benzene ring substituents is 1. The molecule has 1 aromatic carbocycles. The summed E-state index contributed by atoms with van der Waals surface area (Å²) in [6.45, 7) is 5.46. The fourth-order valence-corrected chi connectivity index (χ4v) is 3.13. The first-order chi connectivity index (χ1) is 12.3. The third-order valence-electron chi connectivity index (χ3n) is 3.61. The summed E-state index contributed by atoms with van der Waals surface area (Å²) >= 11 is 1.16. The van der Waals surface area contributed by atoms with E-state index >= 15 is 0 Å². The van der Waals surface area contributed by atoms with Crippen LogP contribution in [0.1, 0.15) is 18.3 Å². The summed E-state index contributed by atoms with van der Waals surface area (Å²) in [4.78, 5) is 31.5. The number of hydrogen-bond donors (Lipinski definition) is 1. The minimum absolute atomic E-state index is 0.154. The van der Waals surface area contributed by atoms with Crippen molar-refractivity contribution in [1.29, 1.82) is 0 Å². The minimum Gasteiger partial charge on any atom is -0.319 e. The number of nitro groups is 1. The lowest BCUT2D eigenvalue weighted by Crippen LogP contribution is -2.23. The first kappa shape index (κ1) is 17.8. The van der Waals surface area contributed by atoms with E-state index in [4.69, 9.17) is 0 Å². The summed E-state index contributed by atoms with van der Waals surface area (Å²) in [6, 6.07) is 7.89. The lowest BCUT2D eigenvalue weighted by Gasteiger charge is -2.10. The van der Waals surface area contributed by atoms with E-state index < -0.39 is 10.2 Å². The minimum atomic E-state index is -0.548. The van der Waals surface area contributed by atoms with Crippen LogP contribution in [0.5, 0.6) is 0 Å². The molecule has 0 radical (unpaired) electrons. The van der Waals surface area contributed by atoms with Gasteiger partial charge in [-0.3, -0.25) is 14.9 Å². The molecule has 2 heterocycles. The molecule has 3 rings (SSSR count). The predicted octanol–water partition coefficient (Wildman–Crippen LogP) is 2.77. The first-order valence-corrected chi connectivity index (χ1v) is 8.65. The van der Waals surface area contributed by atoms with E-state index in [-0.39, 0.29) is 17.3 Å². The van der Waals surface area contributed by atoms with Gasteiger partial charge in [0.15, 0.2) is 0 Å². The van der Waals surface area contributed by atoms with Gasteiger partial charge >= 0.3 is 0 Å². The Morgan fingerprint density at radius 3 is 2.77 bits per heavy atom. The van der Waals surface area contributed by atoms with E-state index in [1.54, 1.807) is 23.6 Å². The maximum Gasteiger partial charge on any atom is 0.292 e. The van der Waals surface area contributed by atoms with E-state index in [0.29, 0.717) is 10.9 Å². The lowest BCUT2D eigenvalue weighted by atomic mass is 10.2. The van der Waals surface area contributed by atoms with Crippen molar-refractivity contribution >= 4 is 34.8 Å². The highest BCUT2D eigenvalue weighted by Gasteiger charge is 2.21. The van der Waals surface area contributed by atoms with Gasteiger partial charge in [0.1, 0.15) is 5.69 Å². The second-order valence-electron chi connectivity index (χ2n) is 5.67. The van der Waals surface area contributed by atoms with Crippen LogP contribution in [0.3, 0.4) is 0 Å². The molecule has 134 valence electrons. The monoisotopic (exact) mass is 372 g/mol. The molecule has 0 fully saturated rings. The maximum absolute atomic E-state index is 12.4. The quantitative estimate of drug-likeness (QED) is 0.416. The van der Waals surface area contributed by atoms with Crippen LogP contribution in [0.25, 0.3) is 5.78 Å². The number of nitrogens with zero attached hydrogens (tertiary/aromatic N) is 5. The summed E-state index contributed by atoms with van der Waals surface area (Å²) in [7, 11) is 0. The number of benzene rings is 1. The number of aryl methyl sites for hydroxylation is 2. The van der Waals surface area contributed by atoms with Crippen LogP contribution in [0.4, 0.5) is 11.4 Å². The van der Waals surface area contributed by atoms with Gasteiger partial charge in [-0.25, -0.2) is 9.50 Å². The fourth-order valence-electron chi connectivity index (χ4n) is 2.38. The van der Waals surface area contributed by atoms with Crippen molar-refractivity contribution in [2.45, 2.75) is 31.2 Å². The summed E-state index contributed by atoms with van der Waals surface area (Å²) in [6.07, 6.45) is 0. The number of aromatic nitrogens is 4. The smallest absolute Gasteiger partial charge is 0.292 e. The molecule has 10 heteroatoms. The average Bonchev–Trinajstić information content (AvgIpc) is 2.97. The van der Waals surface area contributed by atoms with Gasteiger partial charge in [0.2, 0.25) is 11.1 Å². The summed E-state index contributed by atoms with van der Waals surface area (Å²) in [5.74, 6) is 0.0975. The second-order valence-corrected chi connectivity index (χ2v) is 6.98. The Balaban J connectivity index is 1.76. The van der Waals surface area contributed by atoms with E-state index in [1.807, 2.05) is 19.9 Å². The molecule has 1 atom stereocenters. The Morgan fingerprint density at radius 1 is 1.31 bits per heavy atom. The molecule has 26 heavy (non-hydrogen) atoms. The number of carbonyl (C=O) groups is 1. The van der Waals surface area contributed by atoms with E-state index in [9.17, 15) is 14.9 Å². The van der Waals surface area contributed by atoms with Crippen LogP contribution in [0.15, 0.2) is 35.5 Å². The summed E-state index contributed by atoms with van der Waals surface area (Å²) in [5, 5.41) is 17.8. The van der Waals surface area contributed by atoms with Crippen molar-refractivity contribution in [3.8, 4) is 0 Å². The van der Waals surface area contributed by atoms with Crippen molar-refractivity contribution in [1.82, 2.24) is 19.6 Å². The molecule has 0 aliphatic rings. The van der Waals surface area contributed by atoms with Gasteiger partial charge in [-0.1, -0.05) is 23.9 Å². The topological polar surface area (TPSA) is 115 Å². The zero-order valence-corrected chi connectivity index (χ0v) is 15.1. The first-order valence-electron chi connectivity index (χ1n) is 7.77. The molecule has 0 saturated heterocycles. The molecule has 2 aromatic heterocycles. The van der Waals surface area contributed by atoms with Crippen LogP contribution < -0.4 is 5.32 Å². The summed E-state index contributed by atoms with van der Waals surface area (Å²) in [5.41, 5.74) is 1.73. The highest BCUT2D eigenvalue weighted by molar-refractivity contribution is 8.00. The van der Waals surface area contributed by atoms with Crippen LogP contribution in [-0.2, 0) is 4.79 Å². The zero-order valence-electron chi connectivity index (χ0n) is 14.3. The van der Waals surface area contributed by atoms with E-state index in [0.717, 1.165) is 23.1 Å². The van der Waals surface area contributed by atoms with Gasteiger partial charge in [-0.15, -0.1) is 5.10 Å². The molecule has 0 saturated carbocycles. The van der Waals surface area contributed by atoms with Crippen LogP contribution in [-0.4, -0.2) is 35.7 Å².